The Hall–Kier alpha value is 0.0829. The summed E-state index contributed by atoms with van der Waals surface area (Å²) < 4.78 is 6.84. The van der Waals surface area contributed by atoms with Crippen LogP contribution in [0, 0.1) is 0 Å². The summed E-state index contributed by atoms with van der Waals surface area (Å²) in [6.07, 6.45) is 3.21. The average Bonchev–Trinajstić information content (AvgIpc) is 2.19. The minimum absolute atomic E-state index is 1.18. The Labute approximate surface area is 85.9 Å². The topological polar surface area (TPSA) is 9.23 Å². The molecule has 0 aliphatic rings. The fourth-order valence-electron chi connectivity index (χ4n) is 2.16. The average molecular weight is 245 g/mol. The van der Waals surface area contributed by atoms with Gasteiger partial charge in [0, 0.05) is 0 Å². The number of allylic oxidation sites excluding steroid dienone is 1. The van der Waals surface area contributed by atoms with Crippen LogP contribution in [-0.2, 0) is 4.74 Å². The van der Waals surface area contributed by atoms with E-state index in [1.54, 1.807) is 11.5 Å². The number of hydrogen-bond donors (Lipinski definition) is 0. The normalized spacial score (nSPS) is 13.2. The molecule has 0 bridgehead atoms. The van der Waals surface area contributed by atoms with Gasteiger partial charge in [-0.3, -0.25) is 0 Å². The van der Waals surface area contributed by atoms with E-state index >= 15 is 0 Å². The zero-order valence-electron chi connectivity index (χ0n) is 9.81. The first-order valence-electron chi connectivity index (χ1n) is 5.43. The van der Waals surface area contributed by atoms with Crippen LogP contribution in [0.2, 0.25) is 15.8 Å². The van der Waals surface area contributed by atoms with E-state index < -0.39 is 13.3 Å². The van der Waals surface area contributed by atoms with Crippen molar-refractivity contribution >= 4 is 13.3 Å². The molecule has 13 heavy (non-hydrogen) atoms. The summed E-state index contributed by atoms with van der Waals surface area (Å²) in [7, 11) is 1.77. The molecule has 0 heterocycles. The van der Waals surface area contributed by atoms with Gasteiger partial charge in [-0.05, 0) is 0 Å². The molecule has 1 nitrogen and oxygen atoms in total. The van der Waals surface area contributed by atoms with Crippen LogP contribution in [-0.4, -0.2) is 20.4 Å². The minimum atomic E-state index is -1.66. The fourth-order valence-corrected chi connectivity index (χ4v) is 10.5. The molecule has 0 saturated carbocycles. The third kappa shape index (κ3) is 3.05. The van der Waals surface area contributed by atoms with E-state index in [0.29, 0.717) is 0 Å². The van der Waals surface area contributed by atoms with E-state index in [0.717, 1.165) is 0 Å². The first kappa shape index (κ1) is 13.1. The Balaban J connectivity index is 4.76. The summed E-state index contributed by atoms with van der Waals surface area (Å²) in [5, 5.41) is 4.20. The van der Waals surface area contributed by atoms with Crippen molar-refractivity contribution in [3.63, 3.8) is 0 Å². The van der Waals surface area contributed by atoms with Gasteiger partial charge in [-0.1, -0.05) is 0 Å². The first-order chi connectivity index (χ1) is 6.20. The molecule has 0 fully saturated rings. The van der Waals surface area contributed by atoms with E-state index in [4.69, 9.17) is 4.74 Å². The SMILES string of the molecule is CC/[C](=C\OC)[Ge]([CH2]C)([CH2]C)[CH2]C. The maximum absolute atomic E-state index is 5.19. The molecule has 2 heteroatoms. The van der Waals surface area contributed by atoms with Gasteiger partial charge in [-0.15, -0.1) is 0 Å². The molecule has 0 atom stereocenters. The quantitative estimate of drug-likeness (QED) is 0.508. The molecule has 0 rings (SSSR count). The van der Waals surface area contributed by atoms with Crippen LogP contribution < -0.4 is 0 Å². The van der Waals surface area contributed by atoms with Crippen LogP contribution >= 0.6 is 0 Å². The Morgan fingerprint density at radius 1 is 1.08 bits per heavy atom. The van der Waals surface area contributed by atoms with Crippen molar-refractivity contribution in [3.05, 3.63) is 10.7 Å². The van der Waals surface area contributed by atoms with Crippen LogP contribution in [0.1, 0.15) is 34.1 Å². The summed E-state index contributed by atoms with van der Waals surface area (Å²) in [6, 6.07) is 0. The van der Waals surface area contributed by atoms with E-state index in [2.05, 4.69) is 27.7 Å². The molecule has 0 radical (unpaired) electrons. The van der Waals surface area contributed by atoms with E-state index in [1.165, 1.54) is 22.2 Å². The summed E-state index contributed by atoms with van der Waals surface area (Å²) in [4.78, 5) is 0. The maximum atomic E-state index is 5.19. The number of methoxy groups -OCH3 is 1. The molecule has 0 saturated heterocycles. The van der Waals surface area contributed by atoms with Crippen molar-refractivity contribution < 1.29 is 4.74 Å². The number of hydrogen-bond acceptors (Lipinski definition) is 1. The van der Waals surface area contributed by atoms with Crippen molar-refractivity contribution in [1.82, 2.24) is 0 Å². The molecular weight excluding hydrogens is 221 g/mol. The summed E-state index contributed by atoms with van der Waals surface area (Å²) in [6.45, 7) is 9.32. The molecule has 0 N–H and O–H groups in total. The van der Waals surface area contributed by atoms with E-state index in [-0.39, 0.29) is 0 Å². The summed E-state index contributed by atoms with van der Waals surface area (Å²) in [5.41, 5.74) is 0. The molecule has 0 aliphatic heterocycles. The number of rotatable bonds is 6. The summed E-state index contributed by atoms with van der Waals surface area (Å²) in [5.74, 6) is 0. The first-order valence-corrected chi connectivity index (χ1v) is 10.9. The van der Waals surface area contributed by atoms with Crippen LogP contribution in [0.4, 0.5) is 0 Å². The zero-order valence-corrected chi connectivity index (χ0v) is 11.9. The van der Waals surface area contributed by atoms with Gasteiger partial charge in [-0.25, -0.2) is 0 Å². The van der Waals surface area contributed by atoms with Crippen molar-refractivity contribution in [2.75, 3.05) is 7.11 Å². The Morgan fingerprint density at radius 2 is 1.54 bits per heavy atom. The zero-order chi connectivity index (χ0) is 10.3. The predicted octanol–water partition coefficient (Wildman–Crippen LogP) is 3.97. The Kier molecular flexibility index (Phi) is 6.57. The van der Waals surface area contributed by atoms with Gasteiger partial charge in [0.15, 0.2) is 0 Å². The van der Waals surface area contributed by atoms with Crippen LogP contribution in [0.25, 0.3) is 0 Å². The molecule has 0 aromatic rings. The van der Waals surface area contributed by atoms with Gasteiger partial charge in [0.05, 0.1) is 0 Å². The second kappa shape index (κ2) is 6.52. The molecule has 78 valence electrons. The molecule has 0 amide bonds. The van der Waals surface area contributed by atoms with E-state index in [1.807, 2.05) is 6.26 Å². The molecular formula is C11H24GeO. The third-order valence-electron chi connectivity index (χ3n) is 3.35. The van der Waals surface area contributed by atoms with Gasteiger partial charge in [0.1, 0.15) is 0 Å². The molecule has 0 aliphatic carbocycles. The Morgan fingerprint density at radius 3 is 1.77 bits per heavy atom. The van der Waals surface area contributed by atoms with Crippen LogP contribution in [0.15, 0.2) is 10.7 Å². The van der Waals surface area contributed by atoms with Gasteiger partial charge < -0.3 is 0 Å². The van der Waals surface area contributed by atoms with Crippen molar-refractivity contribution in [2.45, 2.75) is 49.9 Å². The third-order valence-corrected chi connectivity index (χ3v) is 15.7. The molecule has 0 unspecified atom stereocenters. The Bertz CT molecular complexity index is 151. The predicted molar refractivity (Wildman–Crippen MR) is 62.6 cm³/mol. The van der Waals surface area contributed by atoms with Crippen molar-refractivity contribution in [2.24, 2.45) is 0 Å². The van der Waals surface area contributed by atoms with Gasteiger partial charge in [-0.2, -0.15) is 0 Å². The van der Waals surface area contributed by atoms with Gasteiger partial charge >= 0.3 is 85.7 Å². The van der Waals surface area contributed by atoms with Crippen LogP contribution in [0.3, 0.4) is 0 Å². The molecule has 0 aromatic carbocycles. The molecule has 0 aromatic heterocycles. The van der Waals surface area contributed by atoms with Crippen LogP contribution in [0.5, 0.6) is 0 Å². The summed E-state index contributed by atoms with van der Waals surface area (Å²) >= 11 is -1.66. The fraction of sp³-hybridized carbons (Fsp3) is 0.818. The van der Waals surface area contributed by atoms with Gasteiger partial charge in [0.2, 0.25) is 0 Å². The second-order valence-corrected chi connectivity index (χ2v) is 14.7. The number of ether oxygens (including phenoxy) is 1. The standard InChI is InChI=1S/C11H24GeO/c1-6-11(10-13-5)12(7-2,8-3)9-4/h10H,6-9H2,1-5H3/b11-10+. The van der Waals surface area contributed by atoms with Crippen molar-refractivity contribution in [3.8, 4) is 0 Å². The molecule has 0 spiro atoms. The second-order valence-electron chi connectivity index (χ2n) is 3.57. The van der Waals surface area contributed by atoms with E-state index in [9.17, 15) is 0 Å². The van der Waals surface area contributed by atoms with Gasteiger partial charge in [0.25, 0.3) is 0 Å². The van der Waals surface area contributed by atoms with Crippen molar-refractivity contribution in [1.29, 1.82) is 0 Å². The monoisotopic (exact) mass is 246 g/mol.